The molecule has 0 aliphatic carbocycles. The molecule has 15 heavy (non-hydrogen) atoms. The van der Waals surface area contributed by atoms with Gasteiger partial charge in [0.05, 0.1) is 25.4 Å². The lowest BCUT2D eigenvalue weighted by Crippen LogP contribution is -2.47. The van der Waals surface area contributed by atoms with Gasteiger partial charge in [-0.05, 0) is 6.92 Å². The van der Waals surface area contributed by atoms with Crippen molar-refractivity contribution in [2.24, 2.45) is 0 Å². The van der Waals surface area contributed by atoms with E-state index >= 15 is 0 Å². The van der Waals surface area contributed by atoms with Gasteiger partial charge in [-0.1, -0.05) is 0 Å². The minimum Gasteiger partial charge on any atom is -0.394 e. The van der Waals surface area contributed by atoms with Crippen molar-refractivity contribution in [2.75, 3.05) is 19.7 Å². The predicted octanol–water partition coefficient (Wildman–Crippen LogP) is 0.725. The van der Waals surface area contributed by atoms with Crippen LogP contribution in [0.3, 0.4) is 0 Å². The molecule has 1 saturated heterocycles. The first kappa shape index (κ1) is 11.0. The summed E-state index contributed by atoms with van der Waals surface area (Å²) >= 11 is 1.67. The topological polar surface area (TPSA) is 45.6 Å². The molecular weight excluding hydrogens is 212 g/mol. The molecule has 1 aromatic heterocycles. The number of ether oxygens (including phenoxy) is 1. The maximum Gasteiger partial charge on any atom is 0.107 e. The molecule has 0 saturated carbocycles. The first-order valence-electron chi connectivity index (χ1n) is 5.15. The van der Waals surface area contributed by atoms with Crippen LogP contribution in [-0.2, 0) is 11.3 Å². The molecular formula is C10H16N2O2S. The molecule has 0 spiro atoms. The van der Waals surface area contributed by atoms with Crippen LogP contribution in [0.25, 0.3) is 0 Å². The summed E-state index contributed by atoms with van der Waals surface area (Å²) in [5.41, 5.74) is 0. The molecule has 5 heteroatoms. The summed E-state index contributed by atoms with van der Waals surface area (Å²) in [5.74, 6) is 0. The molecule has 0 aromatic carbocycles. The van der Waals surface area contributed by atoms with Crippen LogP contribution in [0.4, 0.5) is 0 Å². The van der Waals surface area contributed by atoms with Gasteiger partial charge in [0.1, 0.15) is 5.01 Å². The molecule has 2 heterocycles. The second-order valence-electron chi connectivity index (χ2n) is 3.87. The van der Waals surface area contributed by atoms with Gasteiger partial charge in [0.25, 0.3) is 0 Å². The molecule has 1 aliphatic heterocycles. The summed E-state index contributed by atoms with van der Waals surface area (Å²) in [7, 11) is 0. The number of hydrogen-bond acceptors (Lipinski definition) is 5. The van der Waals surface area contributed by atoms with Crippen molar-refractivity contribution >= 4 is 11.3 Å². The van der Waals surface area contributed by atoms with Crippen LogP contribution in [0.1, 0.15) is 11.9 Å². The number of aliphatic hydroxyl groups is 1. The molecule has 0 amide bonds. The highest BCUT2D eigenvalue weighted by Crippen LogP contribution is 2.15. The van der Waals surface area contributed by atoms with Crippen molar-refractivity contribution in [2.45, 2.75) is 25.7 Å². The molecule has 1 aliphatic rings. The lowest BCUT2D eigenvalue weighted by atomic mass is 10.2. The van der Waals surface area contributed by atoms with Gasteiger partial charge in [-0.2, -0.15) is 0 Å². The Labute approximate surface area is 93.5 Å². The summed E-state index contributed by atoms with van der Waals surface area (Å²) in [5, 5.41) is 12.2. The number of nitrogens with zero attached hydrogens (tertiary/aromatic N) is 2. The molecule has 1 aromatic rings. The fourth-order valence-corrected chi connectivity index (χ4v) is 2.55. The Balaban J connectivity index is 1.91. The SMILES string of the molecule is CC1CN(Cc2nccs2)CC(CO)O1. The highest BCUT2D eigenvalue weighted by Gasteiger charge is 2.24. The van der Waals surface area contributed by atoms with Gasteiger partial charge >= 0.3 is 0 Å². The van der Waals surface area contributed by atoms with Gasteiger partial charge < -0.3 is 9.84 Å². The first-order chi connectivity index (χ1) is 7.28. The van der Waals surface area contributed by atoms with Crippen molar-refractivity contribution in [1.82, 2.24) is 9.88 Å². The van der Waals surface area contributed by atoms with E-state index in [9.17, 15) is 0 Å². The number of rotatable bonds is 3. The summed E-state index contributed by atoms with van der Waals surface area (Å²) < 4.78 is 5.58. The van der Waals surface area contributed by atoms with Crippen LogP contribution >= 0.6 is 11.3 Å². The van der Waals surface area contributed by atoms with E-state index in [0.29, 0.717) is 0 Å². The molecule has 0 bridgehead atoms. The molecule has 2 rings (SSSR count). The normalized spacial score (nSPS) is 28.1. The lowest BCUT2D eigenvalue weighted by molar-refractivity contribution is -0.0972. The Kier molecular flexibility index (Phi) is 3.69. The summed E-state index contributed by atoms with van der Waals surface area (Å²) in [6.45, 7) is 4.70. The van der Waals surface area contributed by atoms with Gasteiger partial charge in [0, 0.05) is 24.7 Å². The largest absolute Gasteiger partial charge is 0.394 e. The highest BCUT2D eigenvalue weighted by atomic mass is 32.1. The van der Waals surface area contributed by atoms with Crippen LogP contribution in [-0.4, -0.2) is 46.9 Å². The van der Waals surface area contributed by atoms with Crippen molar-refractivity contribution in [3.8, 4) is 0 Å². The molecule has 4 nitrogen and oxygen atoms in total. The third-order valence-corrected chi connectivity index (χ3v) is 3.21. The fraction of sp³-hybridized carbons (Fsp3) is 0.700. The summed E-state index contributed by atoms with van der Waals surface area (Å²) in [6.07, 6.45) is 1.97. The van der Waals surface area contributed by atoms with E-state index in [1.54, 1.807) is 11.3 Å². The van der Waals surface area contributed by atoms with Crippen LogP contribution in [0.5, 0.6) is 0 Å². The van der Waals surface area contributed by atoms with Crippen molar-refractivity contribution in [1.29, 1.82) is 0 Å². The van der Waals surface area contributed by atoms with Crippen LogP contribution in [0.15, 0.2) is 11.6 Å². The minimum atomic E-state index is -0.0475. The zero-order valence-electron chi connectivity index (χ0n) is 8.80. The molecule has 1 fully saturated rings. The Morgan fingerprint density at radius 1 is 1.67 bits per heavy atom. The van der Waals surface area contributed by atoms with E-state index in [1.807, 2.05) is 18.5 Å². The van der Waals surface area contributed by atoms with E-state index in [-0.39, 0.29) is 18.8 Å². The maximum atomic E-state index is 9.09. The Morgan fingerprint density at radius 3 is 3.20 bits per heavy atom. The second kappa shape index (κ2) is 5.03. The monoisotopic (exact) mass is 228 g/mol. The average Bonchev–Trinajstić information content (AvgIpc) is 2.69. The summed E-state index contributed by atoms with van der Waals surface area (Å²) in [4.78, 5) is 6.55. The van der Waals surface area contributed by atoms with E-state index in [1.165, 1.54) is 0 Å². The van der Waals surface area contributed by atoms with Gasteiger partial charge in [-0.3, -0.25) is 4.90 Å². The quantitative estimate of drug-likeness (QED) is 0.828. The van der Waals surface area contributed by atoms with E-state index in [0.717, 1.165) is 24.6 Å². The Morgan fingerprint density at radius 2 is 2.53 bits per heavy atom. The smallest absolute Gasteiger partial charge is 0.107 e. The van der Waals surface area contributed by atoms with Crippen LogP contribution < -0.4 is 0 Å². The second-order valence-corrected chi connectivity index (χ2v) is 4.85. The Hall–Kier alpha value is -0.490. The zero-order chi connectivity index (χ0) is 10.7. The van der Waals surface area contributed by atoms with Crippen molar-refractivity contribution in [3.05, 3.63) is 16.6 Å². The zero-order valence-corrected chi connectivity index (χ0v) is 9.61. The summed E-state index contributed by atoms with van der Waals surface area (Å²) in [6, 6.07) is 0. The average molecular weight is 228 g/mol. The maximum absolute atomic E-state index is 9.09. The molecule has 1 N–H and O–H groups in total. The fourth-order valence-electron chi connectivity index (χ4n) is 1.89. The molecule has 84 valence electrons. The molecule has 2 atom stereocenters. The number of aromatic nitrogens is 1. The minimum absolute atomic E-state index is 0.0475. The van der Waals surface area contributed by atoms with E-state index in [4.69, 9.17) is 9.84 Å². The number of aliphatic hydroxyl groups excluding tert-OH is 1. The highest BCUT2D eigenvalue weighted by molar-refractivity contribution is 7.09. The van der Waals surface area contributed by atoms with Crippen molar-refractivity contribution in [3.63, 3.8) is 0 Å². The van der Waals surface area contributed by atoms with Crippen LogP contribution in [0, 0.1) is 0 Å². The third kappa shape index (κ3) is 2.98. The van der Waals surface area contributed by atoms with E-state index in [2.05, 4.69) is 9.88 Å². The predicted molar refractivity (Wildman–Crippen MR) is 58.8 cm³/mol. The van der Waals surface area contributed by atoms with Crippen LogP contribution in [0.2, 0.25) is 0 Å². The number of hydrogen-bond donors (Lipinski definition) is 1. The van der Waals surface area contributed by atoms with Crippen molar-refractivity contribution < 1.29 is 9.84 Å². The third-order valence-electron chi connectivity index (χ3n) is 2.45. The molecule has 2 unspecified atom stereocenters. The number of morpholine rings is 1. The van der Waals surface area contributed by atoms with Gasteiger partial charge in [-0.25, -0.2) is 4.98 Å². The first-order valence-corrected chi connectivity index (χ1v) is 6.03. The standard InChI is InChI=1S/C10H16N2O2S/c1-8-4-12(5-9(7-13)14-8)6-10-11-2-3-15-10/h2-3,8-9,13H,4-7H2,1H3. The Bertz CT molecular complexity index is 292. The van der Waals surface area contributed by atoms with Gasteiger partial charge in [-0.15, -0.1) is 11.3 Å². The number of thiazole rings is 1. The molecule has 0 radical (unpaired) electrons. The van der Waals surface area contributed by atoms with Gasteiger partial charge in [0.15, 0.2) is 0 Å². The lowest BCUT2D eigenvalue weighted by Gasteiger charge is -2.35. The van der Waals surface area contributed by atoms with Gasteiger partial charge in [0.2, 0.25) is 0 Å². The van der Waals surface area contributed by atoms with E-state index < -0.39 is 0 Å².